The molecule has 2 rings (SSSR count). The summed E-state index contributed by atoms with van der Waals surface area (Å²) in [7, 11) is -3.75. The largest absolute Gasteiger partial charge is 0.326 e. The maximum atomic E-state index is 13.4. The number of hydrogen-bond donors (Lipinski definition) is 2. The number of benzene rings is 2. The van der Waals surface area contributed by atoms with Crippen LogP contribution in [0, 0.1) is 5.82 Å². The second kappa shape index (κ2) is 6.24. The molecule has 2 aromatic rings. The Kier molecular flexibility index (Phi) is 4.59. The van der Waals surface area contributed by atoms with Gasteiger partial charge in [0.05, 0.1) is 4.90 Å². The van der Waals surface area contributed by atoms with Crippen LogP contribution in [0.25, 0.3) is 0 Å². The van der Waals surface area contributed by atoms with Crippen LogP contribution in [0.4, 0.5) is 10.1 Å². The molecule has 0 heterocycles. The quantitative estimate of drug-likeness (QED) is 0.892. The van der Waals surface area contributed by atoms with E-state index in [1.165, 1.54) is 12.1 Å². The van der Waals surface area contributed by atoms with E-state index in [0.29, 0.717) is 5.69 Å². The van der Waals surface area contributed by atoms with Gasteiger partial charge in [0.25, 0.3) is 10.0 Å². The first-order valence-corrected chi connectivity index (χ1v) is 8.05. The van der Waals surface area contributed by atoms with Crippen molar-refractivity contribution in [2.75, 3.05) is 4.72 Å². The predicted molar refractivity (Wildman–Crippen MR) is 80.9 cm³/mol. The Hall–Kier alpha value is -1.92. The summed E-state index contributed by atoms with van der Waals surface area (Å²) in [6.45, 7) is 1.96. The molecule has 0 aliphatic heterocycles. The van der Waals surface area contributed by atoms with Gasteiger partial charge in [-0.25, -0.2) is 12.8 Å². The molecule has 0 radical (unpaired) electrons. The Morgan fingerprint density at radius 2 is 1.81 bits per heavy atom. The van der Waals surface area contributed by atoms with Gasteiger partial charge >= 0.3 is 0 Å². The lowest BCUT2D eigenvalue weighted by molar-refractivity contribution is 0.596. The maximum Gasteiger partial charge on any atom is 0.261 e. The van der Waals surface area contributed by atoms with E-state index >= 15 is 0 Å². The summed E-state index contributed by atoms with van der Waals surface area (Å²) in [5.41, 5.74) is 7.14. The number of anilines is 1. The van der Waals surface area contributed by atoms with Gasteiger partial charge in [0, 0.05) is 17.8 Å². The molecule has 0 fully saturated rings. The first kappa shape index (κ1) is 15.5. The molecule has 6 heteroatoms. The van der Waals surface area contributed by atoms with Crippen LogP contribution in [0.15, 0.2) is 47.4 Å². The first-order valence-electron chi connectivity index (χ1n) is 6.56. The third-order valence-corrected chi connectivity index (χ3v) is 4.54. The average Bonchev–Trinajstić information content (AvgIpc) is 2.48. The number of nitrogens with one attached hydrogen (secondary N) is 1. The van der Waals surface area contributed by atoms with Crippen LogP contribution in [-0.4, -0.2) is 8.42 Å². The lowest BCUT2D eigenvalue weighted by atomic mass is 10.2. The molecule has 0 aliphatic carbocycles. The van der Waals surface area contributed by atoms with Crippen molar-refractivity contribution in [3.05, 3.63) is 59.4 Å². The molecule has 0 spiro atoms. The molecule has 0 amide bonds. The van der Waals surface area contributed by atoms with Crippen molar-refractivity contribution in [1.82, 2.24) is 0 Å². The first-order chi connectivity index (χ1) is 9.96. The monoisotopic (exact) mass is 308 g/mol. The molecule has 0 saturated carbocycles. The predicted octanol–water partition coefficient (Wildman–Crippen LogP) is 2.65. The summed E-state index contributed by atoms with van der Waals surface area (Å²) < 4.78 is 40.4. The van der Waals surface area contributed by atoms with E-state index in [-0.39, 0.29) is 17.0 Å². The number of nitrogens with two attached hydrogens (primary N) is 1. The summed E-state index contributed by atoms with van der Waals surface area (Å²) in [5.74, 6) is -0.510. The van der Waals surface area contributed by atoms with Crippen molar-refractivity contribution in [2.45, 2.75) is 24.8 Å². The van der Waals surface area contributed by atoms with Crippen molar-refractivity contribution < 1.29 is 12.8 Å². The van der Waals surface area contributed by atoms with Crippen LogP contribution in [0.5, 0.6) is 0 Å². The summed E-state index contributed by atoms with van der Waals surface area (Å²) in [4.78, 5) is -0.0103. The van der Waals surface area contributed by atoms with Gasteiger partial charge in [-0.15, -0.1) is 0 Å². The van der Waals surface area contributed by atoms with E-state index < -0.39 is 15.8 Å². The van der Waals surface area contributed by atoms with E-state index in [0.717, 1.165) is 18.1 Å². The third kappa shape index (κ3) is 3.59. The van der Waals surface area contributed by atoms with E-state index in [1.54, 1.807) is 12.1 Å². The van der Waals surface area contributed by atoms with Gasteiger partial charge in [0.15, 0.2) is 0 Å². The second-order valence-electron chi connectivity index (χ2n) is 4.61. The molecule has 21 heavy (non-hydrogen) atoms. The lowest BCUT2D eigenvalue weighted by Crippen LogP contribution is -2.14. The Morgan fingerprint density at radius 1 is 1.14 bits per heavy atom. The van der Waals surface area contributed by atoms with Gasteiger partial charge in [0.1, 0.15) is 5.82 Å². The zero-order chi connectivity index (χ0) is 15.5. The van der Waals surface area contributed by atoms with E-state index in [1.807, 2.05) is 19.1 Å². The summed E-state index contributed by atoms with van der Waals surface area (Å²) in [6, 6.07) is 10.7. The van der Waals surface area contributed by atoms with Crippen LogP contribution in [0.3, 0.4) is 0 Å². The van der Waals surface area contributed by atoms with E-state index in [2.05, 4.69) is 4.72 Å². The highest BCUT2D eigenvalue weighted by Gasteiger charge is 2.16. The zero-order valence-corrected chi connectivity index (χ0v) is 12.5. The van der Waals surface area contributed by atoms with Gasteiger partial charge in [-0.2, -0.15) is 0 Å². The van der Waals surface area contributed by atoms with Gasteiger partial charge < -0.3 is 5.73 Å². The topological polar surface area (TPSA) is 72.2 Å². The highest BCUT2D eigenvalue weighted by atomic mass is 32.2. The number of halogens is 1. The Balaban J connectivity index is 2.29. The number of aryl methyl sites for hydroxylation is 1. The summed E-state index contributed by atoms with van der Waals surface area (Å²) in [5, 5.41) is 0. The normalized spacial score (nSPS) is 11.4. The van der Waals surface area contributed by atoms with Gasteiger partial charge in [-0.05, 0) is 42.3 Å². The minimum absolute atomic E-state index is 0.0103. The van der Waals surface area contributed by atoms with Crippen molar-refractivity contribution in [1.29, 1.82) is 0 Å². The molecule has 0 aliphatic rings. The Bertz CT molecular complexity index is 728. The van der Waals surface area contributed by atoms with Gasteiger partial charge in [-0.3, -0.25) is 4.72 Å². The fourth-order valence-electron chi connectivity index (χ4n) is 1.90. The zero-order valence-electron chi connectivity index (χ0n) is 11.6. The highest BCUT2D eigenvalue weighted by molar-refractivity contribution is 7.92. The molecular weight excluding hydrogens is 291 g/mol. The minimum Gasteiger partial charge on any atom is -0.326 e. The molecular formula is C15H17FN2O2S. The lowest BCUT2D eigenvalue weighted by Gasteiger charge is -2.10. The van der Waals surface area contributed by atoms with Crippen LogP contribution in [0.1, 0.15) is 18.1 Å². The van der Waals surface area contributed by atoms with Crippen LogP contribution < -0.4 is 10.5 Å². The molecule has 2 aromatic carbocycles. The maximum absolute atomic E-state index is 13.4. The smallest absolute Gasteiger partial charge is 0.261 e. The van der Waals surface area contributed by atoms with E-state index in [4.69, 9.17) is 5.73 Å². The van der Waals surface area contributed by atoms with E-state index in [9.17, 15) is 12.8 Å². The molecule has 112 valence electrons. The standard InChI is InChI=1S/C15H17FN2O2S/c1-2-11-3-5-13(6-4-11)18-21(19,20)14-7-8-15(16)12(9-14)10-17/h3-9,18H,2,10,17H2,1H3. The molecule has 3 N–H and O–H groups in total. The molecule has 0 atom stereocenters. The minimum atomic E-state index is -3.75. The fourth-order valence-corrected chi connectivity index (χ4v) is 3.01. The Morgan fingerprint density at radius 3 is 2.38 bits per heavy atom. The number of sulfonamides is 1. The number of hydrogen-bond acceptors (Lipinski definition) is 3. The molecule has 4 nitrogen and oxygen atoms in total. The van der Waals surface area contributed by atoms with Crippen molar-refractivity contribution in [2.24, 2.45) is 5.73 Å². The molecule has 0 aromatic heterocycles. The van der Waals surface area contributed by atoms with Crippen LogP contribution >= 0.6 is 0 Å². The Labute approximate surface area is 123 Å². The molecule has 0 saturated heterocycles. The SMILES string of the molecule is CCc1ccc(NS(=O)(=O)c2ccc(F)c(CN)c2)cc1. The summed E-state index contributed by atoms with van der Waals surface area (Å²) in [6.07, 6.45) is 0.880. The molecule has 0 unspecified atom stereocenters. The second-order valence-corrected chi connectivity index (χ2v) is 6.30. The fraction of sp³-hybridized carbons (Fsp3) is 0.200. The van der Waals surface area contributed by atoms with Gasteiger partial charge in [0.2, 0.25) is 0 Å². The number of rotatable bonds is 5. The van der Waals surface area contributed by atoms with Crippen LogP contribution in [-0.2, 0) is 23.0 Å². The highest BCUT2D eigenvalue weighted by Crippen LogP contribution is 2.19. The van der Waals surface area contributed by atoms with Crippen molar-refractivity contribution in [3.8, 4) is 0 Å². The van der Waals surface area contributed by atoms with Crippen molar-refractivity contribution >= 4 is 15.7 Å². The van der Waals surface area contributed by atoms with Gasteiger partial charge in [-0.1, -0.05) is 19.1 Å². The third-order valence-electron chi connectivity index (χ3n) is 3.16. The summed E-state index contributed by atoms with van der Waals surface area (Å²) >= 11 is 0. The van der Waals surface area contributed by atoms with Crippen LogP contribution in [0.2, 0.25) is 0 Å². The van der Waals surface area contributed by atoms with Crippen molar-refractivity contribution in [3.63, 3.8) is 0 Å². The molecule has 0 bridgehead atoms. The average molecular weight is 308 g/mol.